The van der Waals surface area contributed by atoms with Gasteiger partial charge < -0.3 is 0 Å². The summed E-state index contributed by atoms with van der Waals surface area (Å²) in [6.07, 6.45) is 4.04. The normalized spacial score (nSPS) is 13.1. The van der Waals surface area contributed by atoms with Crippen LogP contribution in [-0.2, 0) is 19.9 Å². The number of hydrogen-bond acceptors (Lipinski definition) is 1. The Morgan fingerprint density at radius 1 is 0.848 bits per heavy atom. The van der Waals surface area contributed by atoms with Gasteiger partial charge in [-0.3, -0.25) is 4.98 Å². The predicted molar refractivity (Wildman–Crippen MR) is 140 cm³/mol. The number of pyridine rings is 2. The molecular weight excluding hydrogens is 402 g/mol. The molecule has 170 valence electrons. The minimum absolute atomic E-state index is 0.199. The first-order valence-corrected chi connectivity index (χ1v) is 12.1. The van der Waals surface area contributed by atoms with Gasteiger partial charge in [-0.1, -0.05) is 59.7 Å². The molecule has 3 heteroatoms. The highest BCUT2D eigenvalue weighted by atomic mass is 15.1. The van der Waals surface area contributed by atoms with Crippen LogP contribution < -0.4 is 4.40 Å². The molecule has 0 bridgehead atoms. The van der Waals surface area contributed by atoms with E-state index in [4.69, 9.17) is 4.98 Å². The molecule has 0 aliphatic carbocycles. The van der Waals surface area contributed by atoms with Gasteiger partial charge in [0.1, 0.15) is 5.52 Å². The monoisotopic (exact) mass is 438 g/mol. The molecule has 0 aliphatic heterocycles. The molecule has 2 aromatic carbocycles. The molecule has 5 aromatic rings. The van der Waals surface area contributed by atoms with E-state index in [-0.39, 0.29) is 10.8 Å². The second kappa shape index (κ2) is 7.28. The molecule has 0 aliphatic rings. The maximum Gasteiger partial charge on any atom is 0.297 e. The third-order valence-corrected chi connectivity index (χ3v) is 6.62. The molecule has 0 spiro atoms. The maximum absolute atomic E-state index is 4.96. The fraction of sp³-hybridized carbons (Fsp3) is 0.400. The highest BCUT2D eigenvalue weighted by Crippen LogP contribution is 2.34. The summed E-state index contributed by atoms with van der Waals surface area (Å²) in [5.41, 5.74) is 10.6. The summed E-state index contributed by atoms with van der Waals surface area (Å²) in [5.74, 6) is 0. The highest BCUT2D eigenvalue weighted by Gasteiger charge is 2.27. The molecule has 3 nitrogen and oxygen atoms in total. The van der Waals surface area contributed by atoms with Crippen LogP contribution in [-0.4, -0.2) is 9.55 Å². The number of hydrogen-bond donors (Lipinski definition) is 0. The number of imidazole rings is 1. The predicted octanol–water partition coefficient (Wildman–Crippen LogP) is 7.10. The Balaban J connectivity index is 1.99. The molecule has 0 unspecified atom stereocenters. The molecule has 0 amide bonds. The van der Waals surface area contributed by atoms with E-state index >= 15 is 0 Å². The Hall–Kier alpha value is -2.94. The number of fused-ring (bicyclic) bond motifs is 8. The third-order valence-electron chi connectivity index (χ3n) is 6.62. The Morgan fingerprint density at radius 2 is 1.58 bits per heavy atom. The largest absolute Gasteiger partial charge is 0.297 e. The second-order valence-corrected chi connectivity index (χ2v) is 12.2. The fourth-order valence-corrected chi connectivity index (χ4v) is 5.45. The van der Waals surface area contributed by atoms with Crippen molar-refractivity contribution in [2.45, 2.75) is 61.3 Å². The van der Waals surface area contributed by atoms with E-state index in [1.165, 1.54) is 49.7 Å². The minimum Gasteiger partial charge on any atom is -0.255 e. The molecule has 0 saturated carbocycles. The molecule has 0 fully saturated rings. The van der Waals surface area contributed by atoms with E-state index in [2.05, 4.69) is 107 Å². The van der Waals surface area contributed by atoms with Crippen LogP contribution in [0, 0.1) is 17.8 Å². The lowest BCUT2D eigenvalue weighted by Gasteiger charge is -2.19. The van der Waals surface area contributed by atoms with Gasteiger partial charge in [0.15, 0.2) is 11.0 Å². The van der Waals surface area contributed by atoms with Crippen LogP contribution in [0.2, 0.25) is 0 Å². The summed E-state index contributed by atoms with van der Waals surface area (Å²) in [4.78, 5) is 4.96. The van der Waals surface area contributed by atoms with E-state index < -0.39 is 0 Å². The van der Waals surface area contributed by atoms with Crippen LogP contribution in [0.3, 0.4) is 0 Å². The summed E-state index contributed by atoms with van der Waals surface area (Å²) < 4.78 is 4.84. The van der Waals surface area contributed by atoms with E-state index in [0.717, 1.165) is 18.4 Å². The maximum atomic E-state index is 4.96. The summed E-state index contributed by atoms with van der Waals surface area (Å²) in [6.45, 7) is 16.1. The van der Waals surface area contributed by atoms with Crippen molar-refractivity contribution in [2.24, 2.45) is 17.9 Å². The average Bonchev–Trinajstić information content (AvgIpc) is 2.98. The highest BCUT2D eigenvalue weighted by molar-refractivity contribution is 6.10. The van der Waals surface area contributed by atoms with Crippen molar-refractivity contribution in [1.82, 2.24) is 9.55 Å². The standard InChI is InChI=1S/C30H36N3/c1-19-14-15-31-27-25(19)28-32(8)24-16-20(17-29(2,3)4)12-13-22(24)33(28)23-11-9-10-21(26(23)27)18-30(5,6)7/h9-16H,17-18H2,1-8H3/q+1. The second-order valence-electron chi connectivity index (χ2n) is 12.2. The topological polar surface area (TPSA) is 21.9 Å². The van der Waals surface area contributed by atoms with Crippen molar-refractivity contribution in [1.29, 1.82) is 0 Å². The molecule has 33 heavy (non-hydrogen) atoms. The van der Waals surface area contributed by atoms with Crippen molar-refractivity contribution < 1.29 is 4.40 Å². The van der Waals surface area contributed by atoms with Crippen molar-refractivity contribution in [3.8, 4) is 0 Å². The van der Waals surface area contributed by atoms with E-state index in [1.807, 2.05) is 6.20 Å². The fourth-order valence-electron chi connectivity index (χ4n) is 5.45. The van der Waals surface area contributed by atoms with Gasteiger partial charge >= 0.3 is 0 Å². The molecule has 0 atom stereocenters. The zero-order valence-corrected chi connectivity index (χ0v) is 21.4. The first-order chi connectivity index (χ1) is 15.4. The van der Waals surface area contributed by atoms with Crippen LogP contribution in [0.25, 0.3) is 38.5 Å². The molecule has 3 heterocycles. The van der Waals surface area contributed by atoms with E-state index in [9.17, 15) is 0 Å². The minimum atomic E-state index is 0.199. The SMILES string of the molecule is Cc1ccnc2c3c(CC(C)(C)C)cccc3[n+]3c4ccc(CC(C)(C)C)cc4n(C)c3c12. The lowest BCUT2D eigenvalue weighted by atomic mass is 9.86. The Morgan fingerprint density at radius 3 is 2.27 bits per heavy atom. The molecule has 0 saturated heterocycles. The molecule has 3 aromatic heterocycles. The first-order valence-electron chi connectivity index (χ1n) is 12.1. The van der Waals surface area contributed by atoms with Crippen LogP contribution in [0.4, 0.5) is 0 Å². The van der Waals surface area contributed by atoms with Crippen molar-refractivity contribution in [3.63, 3.8) is 0 Å². The summed E-state index contributed by atoms with van der Waals surface area (Å²) >= 11 is 0. The first kappa shape index (κ1) is 21.9. The number of aromatic nitrogens is 3. The van der Waals surface area contributed by atoms with Gasteiger partial charge in [0.2, 0.25) is 0 Å². The van der Waals surface area contributed by atoms with Gasteiger partial charge in [0.25, 0.3) is 5.65 Å². The van der Waals surface area contributed by atoms with Gasteiger partial charge in [-0.15, -0.1) is 0 Å². The summed E-state index contributed by atoms with van der Waals surface area (Å²) in [5, 5.41) is 2.54. The zero-order chi connectivity index (χ0) is 23.7. The Bertz CT molecular complexity index is 1540. The molecule has 0 radical (unpaired) electrons. The van der Waals surface area contributed by atoms with Gasteiger partial charge in [0, 0.05) is 6.20 Å². The number of rotatable bonds is 2. The van der Waals surface area contributed by atoms with E-state index in [0.29, 0.717) is 0 Å². The van der Waals surface area contributed by atoms with Crippen molar-refractivity contribution >= 4 is 38.5 Å². The number of benzene rings is 2. The van der Waals surface area contributed by atoms with Crippen molar-refractivity contribution in [3.05, 3.63) is 65.4 Å². The molecule has 5 rings (SSSR count). The Kier molecular flexibility index (Phi) is 4.83. The van der Waals surface area contributed by atoms with Gasteiger partial charge in [-0.2, -0.15) is 4.40 Å². The average molecular weight is 439 g/mol. The lowest BCUT2D eigenvalue weighted by Crippen LogP contribution is -2.24. The van der Waals surface area contributed by atoms with Crippen LogP contribution in [0.1, 0.15) is 58.2 Å². The smallest absolute Gasteiger partial charge is 0.255 e. The Labute approximate surface area is 197 Å². The number of nitrogens with zero attached hydrogens (tertiary/aromatic N) is 3. The molecular formula is C30H36N3+. The van der Waals surface area contributed by atoms with Gasteiger partial charge in [-0.25, -0.2) is 4.57 Å². The zero-order valence-electron chi connectivity index (χ0n) is 21.4. The summed E-state index contributed by atoms with van der Waals surface area (Å²) in [7, 11) is 2.20. The quantitative estimate of drug-likeness (QED) is 0.213. The van der Waals surface area contributed by atoms with Crippen LogP contribution >= 0.6 is 0 Å². The summed E-state index contributed by atoms with van der Waals surface area (Å²) in [6, 6.07) is 15.9. The number of aryl methyl sites for hydroxylation is 2. The van der Waals surface area contributed by atoms with Crippen LogP contribution in [0.15, 0.2) is 48.7 Å². The lowest BCUT2D eigenvalue weighted by molar-refractivity contribution is -0.449. The van der Waals surface area contributed by atoms with Gasteiger partial charge in [0.05, 0.1) is 23.3 Å². The third kappa shape index (κ3) is 3.68. The van der Waals surface area contributed by atoms with Crippen LogP contribution in [0.5, 0.6) is 0 Å². The van der Waals surface area contributed by atoms with Crippen molar-refractivity contribution in [2.75, 3.05) is 0 Å². The molecule has 0 N–H and O–H groups in total. The van der Waals surface area contributed by atoms with Gasteiger partial charge in [-0.05, 0) is 71.6 Å². The van der Waals surface area contributed by atoms with E-state index in [1.54, 1.807) is 0 Å².